The number of unbranched alkanes of at least 4 members (excludes halogenated alkanes) is 2. The van der Waals surface area contributed by atoms with Gasteiger partial charge in [0.25, 0.3) is 0 Å². The van der Waals surface area contributed by atoms with Crippen molar-refractivity contribution in [3.8, 4) is 11.8 Å². The Morgan fingerprint density at radius 3 is 1.86 bits per heavy atom. The molecule has 0 aromatic heterocycles. The Bertz CT molecular complexity index is 660. The third-order valence-corrected chi connectivity index (χ3v) is 6.76. The number of rotatable bonds is 5. The van der Waals surface area contributed by atoms with Crippen LogP contribution in [0.15, 0.2) is 12.1 Å². The number of hydrogen-bond donors (Lipinski definition) is 0. The minimum atomic E-state index is -1.37. The van der Waals surface area contributed by atoms with Gasteiger partial charge in [0.2, 0.25) is 0 Å². The van der Waals surface area contributed by atoms with E-state index in [2.05, 4.69) is 18.8 Å². The molecule has 154 valence electrons. The van der Waals surface area contributed by atoms with Crippen molar-refractivity contribution in [2.45, 2.75) is 89.9 Å². The molecule has 0 unspecified atom stereocenters. The van der Waals surface area contributed by atoms with Crippen LogP contribution in [0, 0.1) is 47.0 Å². The van der Waals surface area contributed by atoms with Crippen LogP contribution in [0.2, 0.25) is 0 Å². The summed E-state index contributed by atoms with van der Waals surface area (Å²) in [7, 11) is 0. The summed E-state index contributed by atoms with van der Waals surface area (Å²) in [4.78, 5) is 0. The maximum atomic E-state index is 13.5. The summed E-state index contributed by atoms with van der Waals surface area (Å²) in [5.41, 5.74) is 0.587. The summed E-state index contributed by atoms with van der Waals surface area (Å²) >= 11 is 0. The van der Waals surface area contributed by atoms with Crippen molar-refractivity contribution >= 4 is 0 Å². The monoisotopic (exact) mass is 390 g/mol. The fourth-order valence-corrected chi connectivity index (χ4v) is 4.90. The minimum Gasteiger partial charge on any atom is -0.204 e. The van der Waals surface area contributed by atoms with E-state index in [0.717, 1.165) is 43.7 Å². The van der Waals surface area contributed by atoms with Crippen LogP contribution < -0.4 is 0 Å². The van der Waals surface area contributed by atoms with Crippen molar-refractivity contribution in [2.75, 3.05) is 0 Å². The van der Waals surface area contributed by atoms with Crippen molar-refractivity contribution < 1.29 is 13.2 Å². The number of halogens is 3. The molecule has 2 fully saturated rings. The summed E-state index contributed by atoms with van der Waals surface area (Å²) in [6, 6.07) is 2.32. The van der Waals surface area contributed by atoms with Crippen molar-refractivity contribution in [1.29, 1.82) is 0 Å². The average Bonchev–Trinajstić information content (AvgIpc) is 2.71. The molecule has 0 nitrogen and oxygen atoms in total. The molecule has 0 heterocycles. The van der Waals surface area contributed by atoms with Gasteiger partial charge in [-0.15, -0.1) is 0 Å². The quantitative estimate of drug-likeness (QED) is 0.274. The Hall–Kier alpha value is -1.43. The van der Waals surface area contributed by atoms with E-state index < -0.39 is 17.5 Å². The van der Waals surface area contributed by atoms with Gasteiger partial charge in [-0.1, -0.05) is 44.4 Å². The number of benzene rings is 1. The fourth-order valence-electron chi connectivity index (χ4n) is 4.90. The van der Waals surface area contributed by atoms with Gasteiger partial charge >= 0.3 is 0 Å². The van der Waals surface area contributed by atoms with E-state index >= 15 is 0 Å². The normalized spacial score (nSPS) is 27.9. The van der Waals surface area contributed by atoms with Gasteiger partial charge in [0, 0.05) is 11.8 Å². The van der Waals surface area contributed by atoms with E-state index in [0.29, 0.717) is 17.4 Å². The van der Waals surface area contributed by atoms with E-state index in [4.69, 9.17) is 0 Å². The largest absolute Gasteiger partial charge is 0.204 e. The lowest BCUT2D eigenvalue weighted by Gasteiger charge is -2.27. The average molecular weight is 391 g/mol. The van der Waals surface area contributed by atoms with Crippen molar-refractivity contribution in [1.82, 2.24) is 0 Å². The van der Waals surface area contributed by atoms with Gasteiger partial charge in [0.15, 0.2) is 17.5 Å². The molecule has 0 spiro atoms. The summed E-state index contributed by atoms with van der Waals surface area (Å²) in [5, 5.41) is 0. The molecule has 0 bridgehead atoms. The summed E-state index contributed by atoms with van der Waals surface area (Å²) < 4.78 is 40.1. The first-order valence-electron chi connectivity index (χ1n) is 11.2. The second kappa shape index (κ2) is 10.4. The zero-order valence-corrected chi connectivity index (χ0v) is 17.1. The topological polar surface area (TPSA) is 0 Å². The Balaban J connectivity index is 1.43. The first-order valence-corrected chi connectivity index (χ1v) is 11.2. The third kappa shape index (κ3) is 5.79. The molecule has 3 heteroatoms. The van der Waals surface area contributed by atoms with Gasteiger partial charge in [-0.2, -0.15) is 0 Å². The SMILES string of the molecule is CCCCC[C@H]1CC[C@H](C#C[C@H]2CC[C@H](c3cc(F)c(F)c(F)c3)CC2)CC1. The molecule has 2 aliphatic carbocycles. The van der Waals surface area contributed by atoms with Crippen LogP contribution in [0.5, 0.6) is 0 Å². The molecule has 0 atom stereocenters. The first kappa shape index (κ1) is 21.3. The third-order valence-electron chi connectivity index (χ3n) is 6.76. The Morgan fingerprint density at radius 2 is 1.32 bits per heavy atom. The summed E-state index contributed by atoms with van der Waals surface area (Å²) in [6.45, 7) is 2.26. The van der Waals surface area contributed by atoms with Crippen molar-refractivity contribution in [3.63, 3.8) is 0 Å². The molecule has 0 saturated heterocycles. The molecule has 28 heavy (non-hydrogen) atoms. The maximum absolute atomic E-state index is 13.5. The molecule has 0 N–H and O–H groups in total. The Labute approximate surface area is 168 Å². The molecule has 1 aromatic carbocycles. The lowest BCUT2D eigenvalue weighted by Crippen LogP contribution is -2.15. The predicted octanol–water partition coefficient (Wildman–Crippen LogP) is 7.77. The molecule has 0 aliphatic heterocycles. The summed E-state index contributed by atoms with van der Waals surface area (Å²) in [5.74, 6) is 5.49. The number of hydrogen-bond acceptors (Lipinski definition) is 0. The first-order chi connectivity index (χ1) is 13.6. The van der Waals surface area contributed by atoms with E-state index in [9.17, 15) is 13.2 Å². The molecular weight excluding hydrogens is 357 g/mol. The van der Waals surface area contributed by atoms with Crippen LogP contribution >= 0.6 is 0 Å². The van der Waals surface area contributed by atoms with Gasteiger partial charge in [-0.25, -0.2) is 13.2 Å². The fraction of sp³-hybridized carbons (Fsp3) is 0.680. The maximum Gasteiger partial charge on any atom is 0.194 e. The van der Waals surface area contributed by atoms with E-state index in [-0.39, 0.29) is 5.92 Å². The Morgan fingerprint density at radius 1 is 0.786 bits per heavy atom. The van der Waals surface area contributed by atoms with Crippen molar-refractivity contribution in [2.24, 2.45) is 17.8 Å². The predicted molar refractivity (Wildman–Crippen MR) is 108 cm³/mol. The Kier molecular flexibility index (Phi) is 7.89. The zero-order valence-electron chi connectivity index (χ0n) is 17.1. The van der Waals surface area contributed by atoms with E-state index in [1.54, 1.807) is 0 Å². The highest BCUT2D eigenvalue weighted by Gasteiger charge is 2.24. The zero-order chi connectivity index (χ0) is 19.9. The minimum absolute atomic E-state index is 0.112. The van der Waals surface area contributed by atoms with Crippen LogP contribution in [0.1, 0.15) is 95.5 Å². The molecule has 2 aliphatic rings. The van der Waals surface area contributed by atoms with Gasteiger partial charge in [0.1, 0.15) is 0 Å². The van der Waals surface area contributed by atoms with Gasteiger partial charge in [0.05, 0.1) is 0 Å². The molecule has 2 saturated carbocycles. The standard InChI is InChI=1S/C25H33F3/c1-2-3-4-5-18-6-8-19(9-7-18)10-11-20-12-14-21(15-13-20)22-16-23(26)25(28)24(27)17-22/h16-21H,2-9,12-15H2,1H3/t18-,19-,20-,21-. The smallest absolute Gasteiger partial charge is 0.194 e. The molecule has 0 amide bonds. The molecule has 3 rings (SSSR count). The molecule has 1 aromatic rings. The van der Waals surface area contributed by atoms with Crippen LogP contribution in [-0.2, 0) is 0 Å². The van der Waals surface area contributed by atoms with Crippen molar-refractivity contribution in [3.05, 3.63) is 35.1 Å². The van der Waals surface area contributed by atoms with Crippen LogP contribution in [0.3, 0.4) is 0 Å². The second-order valence-corrected chi connectivity index (χ2v) is 8.85. The van der Waals surface area contributed by atoms with E-state index in [1.165, 1.54) is 51.4 Å². The molecule has 0 radical (unpaired) electrons. The van der Waals surface area contributed by atoms with E-state index in [1.807, 2.05) is 0 Å². The molecular formula is C25H33F3. The van der Waals surface area contributed by atoms with Crippen LogP contribution in [0.25, 0.3) is 0 Å². The highest BCUT2D eigenvalue weighted by Crippen LogP contribution is 2.37. The highest BCUT2D eigenvalue weighted by atomic mass is 19.2. The van der Waals surface area contributed by atoms with Gasteiger partial charge < -0.3 is 0 Å². The summed E-state index contributed by atoms with van der Waals surface area (Å²) in [6.07, 6.45) is 14.2. The second-order valence-electron chi connectivity index (χ2n) is 8.85. The lowest BCUT2D eigenvalue weighted by atomic mass is 9.77. The lowest BCUT2D eigenvalue weighted by molar-refractivity contribution is 0.294. The van der Waals surface area contributed by atoms with Crippen LogP contribution in [0.4, 0.5) is 13.2 Å². The van der Waals surface area contributed by atoms with Gasteiger partial charge in [-0.3, -0.25) is 0 Å². The van der Waals surface area contributed by atoms with Gasteiger partial charge in [-0.05, 0) is 80.9 Å². The highest BCUT2D eigenvalue weighted by molar-refractivity contribution is 5.24. The van der Waals surface area contributed by atoms with Crippen LogP contribution in [-0.4, -0.2) is 0 Å².